The Balaban J connectivity index is 1.66. The molecule has 1 aliphatic rings. The number of methoxy groups -OCH3 is 1. The maximum absolute atomic E-state index is 12.5. The highest BCUT2D eigenvalue weighted by Crippen LogP contribution is 2.30. The third-order valence-corrected chi connectivity index (χ3v) is 5.83. The van der Waals surface area contributed by atoms with Gasteiger partial charge in [-0.1, -0.05) is 6.07 Å². The van der Waals surface area contributed by atoms with Crippen molar-refractivity contribution in [1.29, 1.82) is 0 Å². The van der Waals surface area contributed by atoms with Crippen LogP contribution in [0.3, 0.4) is 0 Å². The lowest BCUT2D eigenvalue weighted by Gasteiger charge is -2.16. The van der Waals surface area contributed by atoms with E-state index in [1.54, 1.807) is 11.6 Å². The van der Waals surface area contributed by atoms with Crippen LogP contribution in [-0.2, 0) is 4.79 Å². The first-order chi connectivity index (χ1) is 15.1. The largest absolute Gasteiger partial charge is 0.497 e. The van der Waals surface area contributed by atoms with Crippen molar-refractivity contribution in [2.75, 3.05) is 32.1 Å². The van der Waals surface area contributed by atoms with Gasteiger partial charge in [0.25, 0.3) is 0 Å². The zero-order valence-corrected chi connectivity index (χ0v) is 18.3. The van der Waals surface area contributed by atoms with Gasteiger partial charge in [-0.2, -0.15) is 4.52 Å². The van der Waals surface area contributed by atoms with E-state index in [1.165, 1.54) is 0 Å². The Kier molecular flexibility index (Phi) is 5.16. The van der Waals surface area contributed by atoms with Crippen LogP contribution in [-0.4, -0.2) is 58.3 Å². The molecule has 0 bridgehead atoms. The van der Waals surface area contributed by atoms with E-state index in [-0.39, 0.29) is 5.91 Å². The number of carbonyl (C=O) groups is 1. The lowest BCUT2D eigenvalue weighted by Crippen LogP contribution is -2.42. The van der Waals surface area contributed by atoms with Crippen LogP contribution in [0.15, 0.2) is 46.9 Å². The number of amides is 1. The van der Waals surface area contributed by atoms with Crippen molar-refractivity contribution >= 4 is 44.3 Å². The molecule has 2 aromatic carbocycles. The van der Waals surface area contributed by atoms with Crippen molar-refractivity contribution in [1.82, 2.24) is 30.2 Å². The number of aromatic nitrogens is 4. The first-order valence-electron chi connectivity index (χ1n) is 9.88. The third kappa shape index (κ3) is 3.68. The van der Waals surface area contributed by atoms with Gasteiger partial charge in [-0.25, -0.2) is 9.97 Å². The topological polar surface area (TPSA) is 105 Å². The predicted octanol–water partition coefficient (Wildman–Crippen LogP) is 2.22. The van der Waals surface area contributed by atoms with Gasteiger partial charge in [-0.15, -0.1) is 5.10 Å². The number of nitrogens with zero attached hydrogens (tertiary/aromatic N) is 4. The van der Waals surface area contributed by atoms with Crippen LogP contribution in [0.2, 0.25) is 0 Å². The zero-order valence-electron chi connectivity index (χ0n) is 16.7. The molecule has 1 amide bonds. The normalized spacial score (nSPS) is 16.8. The van der Waals surface area contributed by atoms with Crippen LogP contribution in [0, 0.1) is 0 Å². The number of halogens is 1. The second-order valence-corrected chi connectivity index (χ2v) is 8.02. The van der Waals surface area contributed by atoms with Crippen molar-refractivity contribution in [3.63, 3.8) is 0 Å². The summed E-state index contributed by atoms with van der Waals surface area (Å²) in [7, 11) is 1.63. The van der Waals surface area contributed by atoms with E-state index < -0.39 is 6.04 Å². The molecule has 0 unspecified atom stereocenters. The smallest absolute Gasteiger partial charge is 0.243 e. The number of rotatable bonds is 4. The SMILES string of the molecule is COc1ccc(-c2nc3c4c(Br)cccc4nc(N[C@@H]4CNCCNC4=O)n3n2)cc1. The van der Waals surface area contributed by atoms with E-state index in [0.29, 0.717) is 30.5 Å². The molecular weight excluding hydrogens is 462 g/mol. The van der Waals surface area contributed by atoms with Gasteiger partial charge in [-0.05, 0) is 52.3 Å². The molecule has 3 heterocycles. The molecule has 10 heteroatoms. The highest BCUT2D eigenvalue weighted by Gasteiger charge is 2.23. The summed E-state index contributed by atoms with van der Waals surface area (Å²) in [6, 6.07) is 12.9. The Morgan fingerprint density at radius 3 is 2.81 bits per heavy atom. The second-order valence-electron chi connectivity index (χ2n) is 7.16. The van der Waals surface area contributed by atoms with Crippen LogP contribution in [0.4, 0.5) is 5.95 Å². The Labute approximate surface area is 186 Å². The summed E-state index contributed by atoms with van der Waals surface area (Å²) in [5.74, 6) is 1.69. The summed E-state index contributed by atoms with van der Waals surface area (Å²) in [5, 5.41) is 14.9. The van der Waals surface area contributed by atoms with Crippen LogP contribution in [0.25, 0.3) is 27.9 Å². The molecule has 0 aliphatic carbocycles. The standard InChI is InChI=1S/C21H20BrN7O2/c1-31-13-7-5-12(6-8-13)18-27-19-17-14(22)3-2-4-15(17)25-21(29(19)28-18)26-16-11-23-9-10-24-20(16)30/h2-8,16,23H,9-11H2,1H3,(H,24,30)(H,25,26)/t16-/m1/s1. The number of carbonyl (C=O) groups excluding carboxylic acids is 1. The number of nitrogens with one attached hydrogen (secondary N) is 3. The minimum Gasteiger partial charge on any atom is -0.497 e. The summed E-state index contributed by atoms with van der Waals surface area (Å²) in [6.45, 7) is 1.81. The number of hydrogen-bond acceptors (Lipinski definition) is 7. The molecule has 1 aliphatic heterocycles. The van der Waals surface area contributed by atoms with E-state index in [9.17, 15) is 4.79 Å². The number of anilines is 1. The molecule has 9 nitrogen and oxygen atoms in total. The van der Waals surface area contributed by atoms with Gasteiger partial charge in [0.2, 0.25) is 11.9 Å². The highest BCUT2D eigenvalue weighted by atomic mass is 79.9. The van der Waals surface area contributed by atoms with Crippen molar-refractivity contribution in [2.24, 2.45) is 0 Å². The van der Waals surface area contributed by atoms with Crippen molar-refractivity contribution in [3.05, 3.63) is 46.9 Å². The van der Waals surface area contributed by atoms with Gasteiger partial charge in [0.1, 0.15) is 11.8 Å². The third-order valence-electron chi connectivity index (χ3n) is 5.17. The van der Waals surface area contributed by atoms with Crippen LogP contribution in [0.5, 0.6) is 5.75 Å². The number of hydrogen-bond donors (Lipinski definition) is 3. The Bertz CT molecular complexity index is 1270. The van der Waals surface area contributed by atoms with Crippen molar-refractivity contribution in [2.45, 2.75) is 6.04 Å². The minimum atomic E-state index is -0.476. The molecule has 3 N–H and O–H groups in total. The molecule has 158 valence electrons. The van der Waals surface area contributed by atoms with E-state index in [1.807, 2.05) is 42.5 Å². The Morgan fingerprint density at radius 1 is 1.16 bits per heavy atom. The summed E-state index contributed by atoms with van der Waals surface area (Å²) >= 11 is 3.61. The van der Waals surface area contributed by atoms with Crippen LogP contribution in [0.1, 0.15) is 0 Å². The minimum absolute atomic E-state index is 0.0789. The molecule has 0 spiro atoms. The molecule has 2 aromatic heterocycles. The Morgan fingerprint density at radius 2 is 2.00 bits per heavy atom. The first-order valence-corrected chi connectivity index (χ1v) is 10.7. The average Bonchev–Trinajstić information content (AvgIpc) is 3.13. The molecule has 1 fully saturated rings. The molecule has 31 heavy (non-hydrogen) atoms. The highest BCUT2D eigenvalue weighted by molar-refractivity contribution is 9.10. The van der Waals surface area contributed by atoms with Gasteiger partial charge < -0.3 is 20.7 Å². The molecule has 0 saturated carbocycles. The monoisotopic (exact) mass is 481 g/mol. The van der Waals surface area contributed by atoms with E-state index >= 15 is 0 Å². The fraction of sp³-hybridized carbons (Fsp3) is 0.238. The summed E-state index contributed by atoms with van der Waals surface area (Å²) in [4.78, 5) is 22.0. The molecule has 4 aromatic rings. The van der Waals surface area contributed by atoms with Crippen LogP contribution < -0.4 is 20.7 Å². The fourth-order valence-electron chi connectivity index (χ4n) is 3.57. The van der Waals surface area contributed by atoms with Gasteiger partial charge in [-0.3, -0.25) is 4.79 Å². The van der Waals surface area contributed by atoms with Gasteiger partial charge in [0.05, 0.1) is 18.0 Å². The van der Waals surface area contributed by atoms with E-state index in [0.717, 1.165) is 33.2 Å². The summed E-state index contributed by atoms with van der Waals surface area (Å²) < 4.78 is 7.77. The second kappa shape index (κ2) is 8.12. The maximum atomic E-state index is 12.5. The van der Waals surface area contributed by atoms with Crippen molar-refractivity contribution < 1.29 is 9.53 Å². The quantitative estimate of drug-likeness (QED) is 0.410. The molecular formula is C21H20BrN7O2. The molecule has 1 atom stereocenters. The lowest BCUT2D eigenvalue weighted by atomic mass is 10.2. The molecule has 5 rings (SSSR count). The predicted molar refractivity (Wildman–Crippen MR) is 121 cm³/mol. The van der Waals surface area contributed by atoms with Crippen LogP contribution >= 0.6 is 15.9 Å². The number of ether oxygens (including phenoxy) is 1. The fourth-order valence-corrected chi connectivity index (χ4v) is 4.11. The summed E-state index contributed by atoms with van der Waals surface area (Å²) in [5.41, 5.74) is 2.25. The average molecular weight is 482 g/mol. The zero-order chi connectivity index (χ0) is 21.4. The van der Waals surface area contributed by atoms with E-state index in [2.05, 4.69) is 31.9 Å². The lowest BCUT2D eigenvalue weighted by molar-refractivity contribution is -0.121. The molecule has 1 saturated heterocycles. The van der Waals surface area contributed by atoms with Crippen molar-refractivity contribution in [3.8, 4) is 17.1 Å². The maximum Gasteiger partial charge on any atom is 0.243 e. The van der Waals surface area contributed by atoms with Gasteiger partial charge in [0.15, 0.2) is 11.5 Å². The Hall–Kier alpha value is -3.24. The number of fused-ring (bicyclic) bond motifs is 3. The molecule has 0 radical (unpaired) electrons. The van der Waals surface area contributed by atoms with Gasteiger partial charge >= 0.3 is 0 Å². The first kappa shape index (κ1) is 19.7. The van der Waals surface area contributed by atoms with E-state index in [4.69, 9.17) is 19.8 Å². The summed E-state index contributed by atoms with van der Waals surface area (Å²) in [6.07, 6.45) is 0. The number of benzene rings is 2. The van der Waals surface area contributed by atoms with Gasteiger partial charge in [0, 0.05) is 29.7 Å².